The fraction of sp³-hybridized carbons (Fsp3) is 0.833. The van der Waals surface area contributed by atoms with Crippen molar-refractivity contribution >= 4 is 11.5 Å². The number of epoxide rings is 1. The number of ketones is 1. The van der Waals surface area contributed by atoms with Gasteiger partial charge in [-0.2, -0.15) is 0 Å². The number of rotatable bonds is 1. The van der Waals surface area contributed by atoms with Crippen LogP contribution in [0.25, 0.3) is 0 Å². The first-order chi connectivity index (χ1) is 23.5. The predicted molar refractivity (Wildman–Crippen MR) is 196 cm³/mol. The van der Waals surface area contributed by atoms with E-state index in [2.05, 4.69) is 39.1 Å². The largest absolute Gasteiger partial charge is 0.391 e. The third kappa shape index (κ3) is 4.86. The van der Waals surface area contributed by atoms with Crippen LogP contribution in [-0.2, 0) is 20.6 Å². The molecule has 9 rings (SSSR count). The lowest BCUT2D eigenvalue weighted by atomic mass is 9.40. The zero-order valence-electron chi connectivity index (χ0n) is 33.1. The zero-order valence-corrected chi connectivity index (χ0v) is 33.1. The van der Waals surface area contributed by atoms with Crippen LogP contribution in [0.2, 0.25) is 0 Å². The minimum Gasteiger partial charge on any atom is -0.391 e. The van der Waals surface area contributed by atoms with E-state index in [1.54, 1.807) is 34.6 Å². The van der Waals surface area contributed by atoms with Crippen molar-refractivity contribution in [1.82, 2.24) is 0 Å². The van der Waals surface area contributed by atoms with Gasteiger partial charge in [0.2, 0.25) is 0 Å². The lowest BCUT2D eigenvalue weighted by Crippen LogP contribution is -2.77. The minimum absolute atomic E-state index is 0.0790. The maximum atomic E-state index is 14.0. The Morgan fingerprint density at radius 1 is 0.961 bits per heavy atom. The Bertz CT molecular complexity index is 1570. The summed E-state index contributed by atoms with van der Waals surface area (Å²) in [5.41, 5.74) is -0.394. The molecule has 0 amide bonds. The molecule has 14 atom stereocenters. The maximum absolute atomic E-state index is 14.0. The molecule has 1 aromatic carbocycles. The van der Waals surface area contributed by atoms with Gasteiger partial charge in [-0.3, -0.25) is 4.79 Å². The molecule has 3 saturated heterocycles. The minimum atomic E-state index is -1.22. The van der Waals surface area contributed by atoms with Crippen LogP contribution in [0, 0.1) is 28.6 Å². The molecule has 286 valence electrons. The summed E-state index contributed by atoms with van der Waals surface area (Å²) in [4.78, 5) is 14.0. The first kappa shape index (κ1) is 37.7. The molecule has 0 bridgehead atoms. The summed E-state index contributed by atoms with van der Waals surface area (Å²) in [5.74, 6) is 0.969. The molecule has 4 aliphatic heterocycles. The summed E-state index contributed by atoms with van der Waals surface area (Å²) in [6, 6.07) is 4.29. The lowest BCUT2D eigenvalue weighted by molar-refractivity contribution is -0.292. The molecule has 8 aliphatic rings. The van der Waals surface area contributed by atoms with Gasteiger partial charge in [0.15, 0.2) is 11.4 Å². The lowest BCUT2D eigenvalue weighted by Gasteiger charge is -2.67. The Balaban J connectivity index is 0.000000537. The van der Waals surface area contributed by atoms with E-state index in [4.69, 9.17) is 19.3 Å². The number of carbonyl (C=O) groups excluding carboxylic acids is 1. The van der Waals surface area contributed by atoms with Crippen molar-refractivity contribution in [2.75, 3.05) is 5.32 Å². The van der Waals surface area contributed by atoms with Crippen LogP contribution in [0.3, 0.4) is 0 Å². The van der Waals surface area contributed by atoms with E-state index in [0.29, 0.717) is 18.8 Å². The van der Waals surface area contributed by atoms with Gasteiger partial charge in [-0.15, -0.1) is 0 Å². The number of nitrogens with one attached hydrogen (secondary N) is 1. The summed E-state index contributed by atoms with van der Waals surface area (Å²) >= 11 is 0. The monoisotopic (exact) mass is 711 g/mol. The van der Waals surface area contributed by atoms with Gasteiger partial charge in [-0.05, 0) is 129 Å². The number of Topliss-reactive ketones (excluding diaryl/α,β-unsaturated/α-hetero) is 1. The first-order valence-corrected chi connectivity index (χ1v) is 19.8. The quantitative estimate of drug-likeness (QED) is 0.225. The number of anilines is 1. The van der Waals surface area contributed by atoms with Crippen LogP contribution in [0.5, 0.6) is 0 Å². The average molecular weight is 712 g/mol. The van der Waals surface area contributed by atoms with Crippen LogP contribution in [0.1, 0.15) is 143 Å². The number of hydrogen-bond acceptors (Lipinski definition) is 9. The molecule has 9 heteroatoms. The third-order valence-corrected chi connectivity index (χ3v) is 15.1. The highest BCUT2D eigenvalue weighted by atomic mass is 16.7. The van der Waals surface area contributed by atoms with Gasteiger partial charge in [-0.25, -0.2) is 0 Å². The topological polar surface area (TPSA) is 141 Å². The fourth-order valence-electron chi connectivity index (χ4n) is 12.9. The summed E-state index contributed by atoms with van der Waals surface area (Å²) in [7, 11) is 0. The second kappa shape index (κ2) is 11.5. The second-order valence-electron chi connectivity index (χ2n) is 19.6. The average Bonchev–Trinajstić information content (AvgIpc) is 3.50. The molecule has 51 heavy (non-hydrogen) atoms. The molecule has 0 radical (unpaired) electrons. The molecule has 1 aromatic rings. The fourth-order valence-corrected chi connectivity index (χ4v) is 12.9. The van der Waals surface area contributed by atoms with E-state index in [1.807, 2.05) is 26.8 Å². The summed E-state index contributed by atoms with van der Waals surface area (Å²) in [6.45, 7) is 23.6. The van der Waals surface area contributed by atoms with E-state index in [-0.39, 0.29) is 52.8 Å². The summed E-state index contributed by atoms with van der Waals surface area (Å²) in [5, 5.41) is 47.7. The molecule has 3 saturated carbocycles. The second-order valence-corrected chi connectivity index (χ2v) is 19.6. The number of carbonyl (C=O) groups is 1. The molecular weight excluding hydrogens is 646 g/mol. The number of fused-ring (bicyclic) bond motifs is 10. The van der Waals surface area contributed by atoms with Crippen LogP contribution in [-0.4, -0.2) is 90.8 Å². The van der Waals surface area contributed by atoms with Crippen molar-refractivity contribution in [3.63, 3.8) is 0 Å². The Morgan fingerprint density at radius 3 is 2.24 bits per heavy atom. The number of aliphatic hydroxyl groups is 4. The van der Waals surface area contributed by atoms with Crippen molar-refractivity contribution in [3.05, 3.63) is 28.8 Å². The van der Waals surface area contributed by atoms with Gasteiger partial charge < -0.3 is 40.0 Å². The van der Waals surface area contributed by atoms with Gasteiger partial charge in [-0.1, -0.05) is 27.7 Å². The number of benzene rings is 1. The van der Waals surface area contributed by atoms with Crippen molar-refractivity contribution < 1.29 is 39.4 Å². The predicted octanol–water partition coefficient (Wildman–Crippen LogP) is 5.92. The van der Waals surface area contributed by atoms with Crippen molar-refractivity contribution in [2.24, 2.45) is 28.6 Å². The zero-order chi connectivity index (χ0) is 37.6. The Hall–Kier alpha value is -1.59. The SMILES string of the molecule is CC.CC(C)(C)O.CC1OC(C)(C)C2Cc3c(ccc4c3C3CC5CCC6(O)C78OC7C(O)C(C(C)(C)O)OC8CCC6(C)C5(C)C3N4)C(=O)C12. The van der Waals surface area contributed by atoms with Gasteiger partial charge in [0.1, 0.15) is 23.9 Å². The highest BCUT2D eigenvalue weighted by Gasteiger charge is 2.87. The standard InChI is InChI=1S/C36H49NO7.C4H10O.C2H6/c1-16-24-21(32(4,5)43-16)15-19-18(26(24)38)8-9-22-25(19)20-14-17-10-13-35(41)33(6,34(17,7)28(20)37-22)12-11-23-36(35)30(44-36)27(39)29(42-23)31(2,3)40;1-4(2,3)5;1-2/h8-9,16-17,20-21,23-24,27-30,37,39-41H,10-15H2,1-7H3;5H,1-3H3;1-2H3. The number of hydrogen-bond donors (Lipinski definition) is 5. The highest BCUT2D eigenvalue weighted by Crippen LogP contribution is 2.77. The summed E-state index contributed by atoms with van der Waals surface area (Å²) in [6.07, 6.45) is 2.07. The van der Waals surface area contributed by atoms with Crippen molar-refractivity contribution in [2.45, 2.75) is 192 Å². The van der Waals surface area contributed by atoms with E-state index in [9.17, 15) is 20.1 Å². The van der Waals surface area contributed by atoms with Gasteiger partial charge >= 0.3 is 0 Å². The van der Waals surface area contributed by atoms with Crippen LogP contribution < -0.4 is 5.32 Å². The Morgan fingerprint density at radius 2 is 1.61 bits per heavy atom. The highest BCUT2D eigenvalue weighted by molar-refractivity contribution is 6.02. The van der Waals surface area contributed by atoms with E-state index < -0.39 is 46.1 Å². The van der Waals surface area contributed by atoms with Gasteiger partial charge in [0.05, 0.1) is 34.9 Å². The molecule has 0 aromatic heterocycles. The van der Waals surface area contributed by atoms with E-state index in [1.165, 1.54) is 11.1 Å². The van der Waals surface area contributed by atoms with Crippen LogP contribution in [0.15, 0.2) is 12.1 Å². The number of aliphatic hydroxyl groups excluding tert-OH is 1. The molecule has 6 fully saturated rings. The molecular formula is C42H65NO8. The smallest absolute Gasteiger partial charge is 0.169 e. The molecule has 9 nitrogen and oxygen atoms in total. The molecule has 1 spiro atoms. The molecule has 14 unspecified atom stereocenters. The Labute approximate surface area is 305 Å². The van der Waals surface area contributed by atoms with Crippen molar-refractivity contribution in [1.29, 1.82) is 0 Å². The van der Waals surface area contributed by atoms with Crippen molar-refractivity contribution in [3.8, 4) is 0 Å². The molecule has 4 aliphatic carbocycles. The van der Waals surface area contributed by atoms with Crippen LogP contribution in [0.4, 0.5) is 5.69 Å². The summed E-state index contributed by atoms with van der Waals surface area (Å²) < 4.78 is 19.3. The van der Waals surface area contributed by atoms with E-state index in [0.717, 1.165) is 36.9 Å². The van der Waals surface area contributed by atoms with Gasteiger partial charge in [0.25, 0.3) is 0 Å². The Kier molecular flexibility index (Phi) is 8.48. The maximum Gasteiger partial charge on any atom is 0.169 e. The van der Waals surface area contributed by atoms with Crippen LogP contribution >= 0.6 is 0 Å². The third-order valence-electron chi connectivity index (χ3n) is 15.1. The molecule has 4 heterocycles. The van der Waals surface area contributed by atoms with E-state index >= 15 is 0 Å². The molecule has 5 N–H and O–H groups in total. The first-order valence-electron chi connectivity index (χ1n) is 19.8. The van der Waals surface area contributed by atoms with Gasteiger partial charge in [0, 0.05) is 34.5 Å². The number of ether oxygens (including phenoxy) is 3. The normalized spacial score (nSPS) is 48.0.